The zero-order valence-electron chi connectivity index (χ0n) is 21.9. The summed E-state index contributed by atoms with van der Waals surface area (Å²) in [6.07, 6.45) is 4.46. The number of hydrogen-bond donors (Lipinski definition) is 3. The minimum atomic E-state index is -0.972. The molecule has 1 saturated heterocycles. The molecule has 2 bridgehead atoms. The van der Waals surface area contributed by atoms with Crippen LogP contribution in [0.2, 0.25) is 0 Å². The lowest BCUT2D eigenvalue weighted by Crippen LogP contribution is -2.74. The van der Waals surface area contributed by atoms with Gasteiger partial charge in [-0.25, -0.2) is 0 Å². The first-order chi connectivity index (χ1) is 19.0. The first-order valence-electron chi connectivity index (χ1n) is 14.4. The summed E-state index contributed by atoms with van der Waals surface area (Å²) < 4.78 is 9.29. The number of para-hydroxylation sites is 1. The van der Waals surface area contributed by atoms with E-state index in [0.29, 0.717) is 18.7 Å². The van der Waals surface area contributed by atoms with Crippen molar-refractivity contribution in [2.75, 3.05) is 18.8 Å². The van der Waals surface area contributed by atoms with E-state index in [-0.39, 0.29) is 17.9 Å². The summed E-state index contributed by atoms with van der Waals surface area (Å²) in [7, 11) is 0. The minimum absolute atomic E-state index is 0.0355. The molecule has 5 aliphatic rings. The van der Waals surface area contributed by atoms with Crippen LogP contribution in [0.5, 0.6) is 11.5 Å². The Labute approximate surface area is 227 Å². The molecule has 4 atom stereocenters. The molecule has 1 aromatic heterocycles. The quantitative estimate of drug-likeness (QED) is 0.341. The summed E-state index contributed by atoms with van der Waals surface area (Å²) in [6, 6.07) is 20.6. The smallest absolute Gasteiger partial charge is 0.166 e. The van der Waals surface area contributed by atoms with Crippen molar-refractivity contribution in [1.82, 2.24) is 9.47 Å². The number of anilines is 1. The first kappa shape index (κ1) is 22.3. The van der Waals surface area contributed by atoms with Crippen molar-refractivity contribution in [3.63, 3.8) is 0 Å². The van der Waals surface area contributed by atoms with Gasteiger partial charge in [-0.2, -0.15) is 0 Å². The number of nitrogen functional groups attached to an aromatic ring is 1. The molecule has 4 aromatic rings. The third-order valence-corrected chi connectivity index (χ3v) is 10.6. The fraction of sp³-hybridized carbons (Fsp3) is 0.394. The average molecular weight is 520 g/mol. The molecule has 3 heterocycles. The lowest BCUT2D eigenvalue weighted by Gasteiger charge is -2.63. The van der Waals surface area contributed by atoms with E-state index >= 15 is 0 Å². The van der Waals surface area contributed by atoms with Crippen LogP contribution in [0.15, 0.2) is 60.7 Å². The second-order valence-electron chi connectivity index (χ2n) is 12.6. The summed E-state index contributed by atoms with van der Waals surface area (Å²) in [5.74, 6) is 1.53. The van der Waals surface area contributed by atoms with Crippen LogP contribution in [-0.2, 0) is 24.8 Å². The van der Waals surface area contributed by atoms with Crippen molar-refractivity contribution in [3.8, 4) is 11.5 Å². The highest BCUT2D eigenvalue weighted by atomic mass is 16.5. The van der Waals surface area contributed by atoms with Gasteiger partial charge in [0.1, 0.15) is 0 Å². The molecular formula is C33H33N3O3. The van der Waals surface area contributed by atoms with E-state index in [0.717, 1.165) is 54.3 Å². The molecule has 0 radical (unpaired) electrons. The maximum absolute atomic E-state index is 13.1. The first-order valence-corrected chi connectivity index (χ1v) is 14.4. The van der Waals surface area contributed by atoms with Crippen molar-refractivity contribution < 1.29 is 14.9 Å². The number of piperidine rings is 1. The fourth-order valence-corrected chi connectivity index (χ4v) is 8.78. The summed E-state index contributed by atoms with van der Waals surface area (Å²) in [5.41, 5.74) is 12.2. The van der Waals surface area contributed by atoms with Gasteiger partial charge >= 0.3 is 0 Å². The molecule has 1 spiro atoms. The number of nitrogens with two attached hydrogens (primary N) is 1. The zero-order chi connectivity index (χ0) is 26.1. The number of hydrogen-bond acceptors (Lipinski definition) is 5. The van der Waals surface area contributed by atoms with E-state index in [1.165, 1.54) is 34.9 Å². The summed E-state index contributed by atoms with van der Waals surface area (Å²) in [4.78, 5) is 2.59. The van der Waals surface area contributed by atoms with Gasteiger partial charge in [-0.3, -0.25) is 4.90 Å². The van der Waals surface area contributed by atoms with E-state index in [1.807, 2.05) is 12.1 Å². The van der Waals surface area contributed by atoms with E-state index in [9.17, 15) is 10.2 Å². The topological polar surface area (TPSA) is 83.9 Å². The Morgan fingerprint density at radius 3 is 2.67 bits per heavy atom. The van der Waals surface area contributed by atoms with Gasteiger partial charge in [-0.05, 0) is 79.1 Å². The van der Waals surface area contributed by atoms with Crippen molar-refractivity contribution in [1.29, 1.82) is 0 Å². The average Bonchev–Trinajstić information content (AvgIpc) is 3.61. The Morgan fingerprint density at radius 2 is 1.85 bits per heavy atom. The van der Waals surface area contributed by atoms with Gasteiger partial charge < -0.3 is 25.3 Å². The normalized spacial score (nSPS) is 30.2. The molecule has 3 aromatic carbocycles. The van der Waals surface area contributed by atoms with Crippen LogP contribution in [0.25, 0.3) is 10.9 Å². The number of phenolic OH excluding ortho intramolecular Hbond substituents is 1. The van der Waals surface area contributed by atoms with E-state index < -0.39 is 11.0 Å². The molecule has 0 unspecified atom stereocenters. The molecule has 2 aliphatic heterocycles. The van der Waals surface area contributed by atoms with Crippen LogP contribution in [0.4, 0.5) is 5.69 Å². The van der Waals surface area contributed by atoms with Gasteiger partial charge in [-0.1, -0.05) is 36.4 Å². The molecule has 2 fully saturated rings. The Morgan fingerprint density at radius 1 is 1.03 bits per heavy atom. The number of aliphatic hydroxyl groups is 1. The number of ether oxygens (including phenoxy) is 1. The molecule has 39 heavy (non-hydrogen) atoms. The summed E-state index contributed by atoms with van der Waals surface area (Å²) in [6.45, 7) is 2.71. The molecule has 4 N–H and O–H groups in total. The van der Waals surface area contributed by atoms with Crippen molar-refractivity contribution in [3.05, 3.63) is 88.6 Å². The van der Waals surface area contributed by atoms with Crippen LogP contribution in [0, 0.1) is 5.92 Å². The predicted molar refractivity (Wildman–Crippen MR) is 150 cm³/mol. The van der Waals surface area contributed by atoms with Gasteiger partial charge in [0.25, 0.3) is 0 Å². The number of benzene rings is 3. The lowest BCUT2D eigenvalue weighted by atomic mass is 9.49. The van der Waals surface area contributed by atoms with Gasteiger partial charge in [0.15, 0.2) is 17.6 Å². The van der Waals surface area contributed by atoms with Crippen LogP contribution in [0.3, 0.4) is 0 Å². The number of aromatic hydroxyl groups is 1. The third-order valence-electron chi connectivity index (χ3n) is 10.6. The highest BCUT2D eigenvalue weighted by Gasteiger charge is 2.73. The highest BCUT2D eigenvalue weighted by molar-refractivity contribution is 5.87. The van der Waals surface area contributed by atoms with Crippen LogP contribution < -0.4 is 10.5 Å². The van der Waals surface area contributed by atoms with E-state index in [2.05, 4.69) is 51.9 Å². The van der Waals surface area contributed by atoms with Gasteiger partial charge in [-0.15, -0.1) is 0 Å². The molecular weight excluding hydrogens is 486 g/mol. The maximum Gasteiger partial charge on any atom is 0.166 e. The second kappa shape index (κ2) is 7.38. The maximum atomic E-state index is 13.1. The SMILES string of the molecule is Nc1ccc(Cn2c3c(c4ccccc42)C[C@@]2(O)[C@H]4Cc5ccc(O)c6c5[C@@]2(CCN4CC2CC2)[C@H]3O6)cc1. The molecule has 1 saturated carbocycles. The largest absolute Gasteiger partial charge is 0.504 e. The lowest BCUT2D eigenvalue weighted by molar-refractivity contribution is -0.173. The number of rotatable bonds is 4. The Balaban J connectivity index is 1.30. The second-order valence-corrected chi connectivity index (χ2v) is 12.6. The summed E-state index contributed by atoms with van der Waals surface area (Å²) >= 11 is 0. The highest BCUT2D eigenvalue weighted by Crippen LogP contribution is 2.69. The Bertz CT molecular complexity index is 1670. The molecule has 198 valence electrons. The van der Waals surface area contributed by atoms with Gasteiger partial charge in [0.05, 0.1) is 16.7 Å². The van der Waals surface area contributed by atoms with Gasteiger partial charge in [0, 0.05) is 47.7 Å². The van der Waals surface area contributed by atoms with Crippen molar-refractivity contribution in [2.45, 2.75) is 61.8 Å². The van der Waals surface area contributed by atoms with Crippen molar-refractivity contribution in [2.24, 2.45) is 5.92 Å². The van der Waals surface area contributed by atoms with E-state index in [1.54, 1.807) is 6.07 Å². The van der Waals surface area contributed by atoms with Crippen LogP contribution in [0.1, 0.15) is 53.3 Å². The number of aromatic nitrogens is 1. The molecule has 0 amide bonds. The van der Waals surface area contributed by atoms with Crippen LogP contribution in [-0.4, -0.2) is 44.4 Å². The number of nitrogens with zero attached hydrogens (tertiary/aromatic N) is 2. The molecule has 3 aliphatic carbocycles. The molecule has 9 rings (SSSR count). The number of likely N-dealkylation sites (tertiary alicyclic amines) is 1. The predicted octanol–water partition coefficient (Wildman–Crippen LogP) is 4.68. The third kappa shape index (κ3) is 2.74. The Hall–Kier alpha value is -3.48. The fourth-order valence-electron chi connectivity index (χ4n) is 8.78. The van der Waals surface area contributed by atoms with E-state index in [4.69, 9.17) is 10.5 Å². The van der Waals surface area contributed by atoms with Crippen molar-refractivity contribution >= 4 is 16.6 Å². The monoisotopic (exact) mass is 519 g/mol. The molecule has 6 nitrogen and oxygen atoms in total. The number of fused-ring (bicyclic) bond motifs is 4. The minimum Gasteiger partial charge on any atom is -0.504 e. The van der Waals surface area contributed by atoms with Crippen LogP contribution >= 0.6 is 0 Å². The molecule has 6 heteroatoms. The van der Waals surface area contributed by atoms with Gasteiger partial charge in [0.2, 0.25) is 0 Å². The zero-order valence-corrected chi connectivity index (χ0v) is 21.9. The standard InChI is InChI=1S/C33H33N3O3/c34-22-10-7-20(8-11-22)18-36-25-4-2-1-3-23(25)24-16-33(38)27-15-21-9-12-26(37)30-28(21)32(33,31(39-30)29(24)36)13-14-35(27)17-19-5-6-19/h1-4,7-12,19,27,31,37-38H,5-6,13-18,34H2/t27-,31+,32+,33-/m1/s1. The summed E-state index contributed by atoms with van der Waals surface area (Å²) in [5, 5.41) is 25.4. The number of phenols is 1. The Kier molecular flexibility index (Phi) is 4.23.